The van der Waals surface area contributed by atoms with Crippen molar-refractivity contribution >= 4 is 0 Å². The molecule has 126 valence electrons. The molecular weight excluding hydrogens is 290 g/mol. The highest BCUT2D eigenvalue weighted by Gasteiger charge is 2.20. The molecule has 0 saturated carbocycles. The normalized spacial score (nSPS) is 17.7. The highest BCUT2D eigenvalue weighted by Crippen LogP contribution is 2.20. The Bertz CT molecular complexity index is 588. The van der Waals surface area contributed by atoms with Crippen LogP contribution in [0.25, 0.3) is 0 Å². The molecule has 0 aliphatic carbocycles. The lowest BCUT2D eigenvalue weighted by molar-refractivity contribution is 0.122. The molecule has 7 heteroatoms. The lowest BCUT2D eigenvalue weighted by Gasteiger charge is -2.34. The van der Waals surface area contributed by atoms with Gasteiger partial charge in [0.05, 0.1) is 12.2 Å². The third-order valence-electron chi connectivity index (χ3n) is 4.37. The lowest BCUT2D eigenvalue weighted by atomic mass is 9.92. The van der Waals surface area contributed by atoms with Crippen LogP contribution in [0.3, 0.4) is 0 Å². The molecule has 2 aromatic heterocycles. The maximum atomic E-state index is 4.45. The van der Waals surface area contributed by atoms with E-state index in [1.54, 1.807) is 12.7 Å². The SMILES string of the molecule is CC(C)(C)c1cc(CN2CCN(CCn3cncn3)CC2)[nH]n1. The van der Waals surface area contributed by atoms with Crippen molar-refractivity contribution in [3.63, 3.8) is 0 Å². The standard InChI is InChI=1S/C16H27N7/c1-16(2,3)15-10-14(19-20-15)11-22-6-4-21(5-7-22)8-9-23-13-17-12-18-23/h10,12-13H,4-9,11H2,1-3H3,(H,19,20). The summed E-state index contributed by atoms with van der Waals surface area (Å²) in [6.45, 7) is 13.9. The van der Waals surface area contributed by atoms with Crippen LogP contribution in [0, 0.1) is 0 Å². The van der Waals surface area contributed by atoms with E-state index in [1.165, 1.54) is 5.69 Å². The molecule has 7 nitrogen and oxygen atoms in total. The van der Waals surface area contributed by atoms with Crippen molar-refractivity contribution in [3.05, 3.63) is 30.1 Å². The summed E-state index contributed by atoms with van der Waals surface area (Å²) in [4.78, 5) is 8.96. The molecule has 0 unspecified atom stereocenters. The zero-order chi connectivity index (χ0) is 16.3. The average molecular weight is 317 g/mol. The number of hydrogen-bond donors (Lipinski definition) is 1. The molecule has 0 amide bonds. The Balaban J connectivity index is 1.43. The predicted molar refractivity (Wildman–Crippen MR) is 89.0 cm³/mol. The highest BCUT2D eigenvalue weighted by atomic mass is 15.3. The smallest absolute Gasteiger partial charge is 0.137 e. The van der Waals surface area contributed by atoms with E-state index in [1.807, 2.05) is 4.68 Å². The summed E-state index contributed by atoms with van der Waals surface area (Å²) in [5.41, 5.74) is 2.46. The fraction of sp³-hybridized carbons (Fsp3) is 0.688. The van der Waals surface area contributed by atoms with Gasteiger partial charge in [0, 0.05) is 50.4 Å². The van der Waals surface area contributed by atoms with Crippen molar-refractivity contribution in [2.75, 3.05) is 32.7 Å². The molecule has 1 N–H and O–H groups in total. The highest BCUT2D eigenvalue weighted by molar-refractivity contribution is 5.16. The van der Waals surface area contributed by atoms with Gasteiger partial charge in [0.2, 0.25) is 0 Å². The van der Waals surface area contributed by atoms with Gasteiger partial charge in [0.15, 0.2) is 0 Å². The third kappa shape index (κ3) is 4.39. The second kappa shape index (κ2) is 6.80. The minimum absolute atomic E-state index is 0.106. The number of aromatic amines is 1. The first-order valence-electron chi connectivity index (χ1n) is 8.32. The van der Waals surface area contributed by atoms with Crippen molar-refractivity contribution in [2.24, 2.45) is 0 Å². The van der Waals surface area contributed by atoms with Crippen LogP contribution in [-0.4, -0.2) is 67.5 Å². The predicted octanol–water partition coefficient (Wildman–Crippen LogP) is 1.12. The summed E-state index contributed by atoms with van der Waals surface area (Å²) in [5, 5.41) is 11.8. The first-order valence-corrected chi connectivity index (χ1v) is 8.32. The van der Waals surface area contributed by atoms with Crippen LogP contribution >= 0.6 is 0 Å². The summed E-state index contributed by atoms with van der Waals surface area (Å²) < 4.78 is 1.89. The van der Waals surface area contributed by atoms with Gasteiger partial charge in [0.1, 0.15) is 12.7 Å². The van der Waals surface area contributed by atoms with Gasteiger partial charge in [-0.3, -0.25) is 19.6 Å². The molecule has 23 heavy (non-hydrogen) atoms. The van der Waals surface area contributed by atoms with Crippen molar-refractivity contribution in [2.45, 2.75) is 39.3 Å². The van der Waals surface area contributed by atoms with Crippen LogP contribution in [0.15, 0.2) is 18.7 Å². The molecule has 3 heterocycles. The molecule has 1 saturated heterocycles. The van der Waals surface area contributed by atoms with E-state index >= 15 is 0 Å². The van der Waals surface area contributed by atoms with Crippen LogP contribution in [0.2, 0.25) is 0 Å². The Morgan fingerprint density at radius 2 is 1.83 bits per heavy atom. The van der Waals surface area contributed by atoms with E-state index in [9.17, 15) is 0 Å². The molecule has 0 atom stereocenters. The van der Waals surface area contributed by atoms with Gasteiger partial charge in [-0.15, -0.1) is 0 Å². The maximum Gasteiger partial charge on any atom is 0.137 e. The first kappa shape index (κ1) is 16.1. The molecule has 0 bridgehead atoms. The number of aromatic nitrogens is 5. The van der Waals surface area contributed by atoms with Crippen molar-refractivity contribution in [3.8, 4) is 0 Å². The molecule has 2 aromatic rings. The maximum absolute atomic E-state index is 4.45. The summed E-state index contributed by atoms with van der Waals surface area (Å²) in [5.74, 6) is 0. The first-order chi connectivity index (χ1) is 11.0. The Morgan fingerprint density at radius 1 is 1.09 bits per heavy atom. The monoisotopic (exact) mass is 317 g/mol. The minimum Gasteiger partial charge on any atom is -0.299 e. The van der Waals surface area contributed by atoms with Crippen LogP contribution in [0.4, 0.5) is 0 Å². The van der Waals surface area contributed by atoms with E-state index in [0.717, 1.165) is 51.5 Å². The number of piperazine rings is 1. The quantitative estimate of drug-likeness (QED) is 0.895. The van der Waals surface area contributed by atoms with Gasteiger partial charge < -0.3 is 0 Å². The molecule has 1 aliphatic rings. The van der Waals surface area contributed by atoms with Gasteiger partial charge in [-0.25, -0.2) is 4.98 Å². The number of hydrogen-bond acceptors (Lipinski definition) is 5. The fourth-order valence-electron chi connectivity index (χ4n) is 2.83. The fourth-order valence-corrected chi connectivity index (χ4v) is 2.83. The summed E-state index contributed by atoms with van der Waals surface area (Å²) >= 11 is 0. The Labute approximate surface area is 137 Å². The second-order valence-electron chi connectivity index (χ2n) is 7.30. The van der Waals surface area contributed by atoms with Crippen LogP contribution in [-0.2, 0) is 18.5 Å². The van der Waals surface area contributed by atoms with Gasteiger partial charge in [0.25, 0.3) is 0 Å². The molecule has 3 rings (SSSR count). The van der Waals surface area contributed by atoms with Gasteiger partial charge >= 0.3 is 0 Å². The third-order valence-corrected chi connectivity index (χ3v) is 4.37. The Morgan fingerprint density at radius 3 is 2.43 bits per heavy atom. The zero-order valence-electron chi connectivity index (χ0n) is 14.4. The molecular formula is C16H27N7. The van der Waals surface area contributed by atoms with Gasteiger partial charge in [-0.05, 0) is 6.07 Å². The van der Waals surface area contributed by atoms with Gasteiger partial charge in [-0.2, -0.15) is 10.2 Å². The van der Waals surface area contributed by atoms with E-state index in [4.69, 9.17) is 0 Å². The second-order valence-corrected chi connectivity index (χ2v) is 7.30. The molecule has 0 radical (unpaired) electrons. The van der Waals surface area contributed by atoms with Crippen molar-refractivity contribution < 1.29 is 0 Å². The van der Waals surface area contributed by atoms with E-state index in [0.29, 0.717) is 0 Å². The number of nitrogens with zero attached hydrogens (tertiary/aromatic N) is 6. The average Bonchev–Trinajstić information content (AvgIpc) is 3.17. The van der Waals surface area contributed by atoms with E-state index in [-0.39, 0.29) is 5.41 Å². The lowest BCUT2D eigenvalue weighted by Crippen LogP contribution is -2.46. The zero-order valence-corrected chi connectivity index (χ0v) is 14.4. The summed E-state index contributed by atoms with van der Waals surface area (Å²) in [7, 11) is 0. The largest absolute Gasteiger partial charge is 0.299 e. The number of nitrogens with one attached hydrogen (secondary N) is 1. The molecule has 0 aromatic carbocycles. The van der Waals surface area contributed by atoms with Gasteiger partial charge in [-0.1, -0.05) is 20.8 Å². The van der Waals surface area contributed by atoms with Crippen LogP contribution in [0.1, 0.15) is 32.2 Å². The van der Waals surface area contributed by atoms with E-state index < -0.39 is 0 Å². The van der Waals surface area contributed by atoms with Crippen molar-refractivity contribution in [1.82, 2.24) is 34.8 Å². The Hall–Kier alpha value is -1.73. The molecule has 1 fully saturated rings. The number of rotatable bonds is 5. The van der Waals surface area contributed by atoms with Crippen LogP contribution in [0.5, 0.6) is 0 Å². The minimum atomic E-state index is 0.106. The Kier molecular flexibility index (Phi) is 4.77. The molecule has 0 spiro atoms. The number of H-pyrrole nitrogens is 1. The van der Waals surface area contributed by atoms with Crippen LogP contribution < -0.4 is 0 Å². The topological polar surface area (TPSA) is 65.9 Å². The molecule has 1 aliphatic heterocycles. The summed E-state index contributed by atoms with van der Waals surface area (Å²) in [6, 6.07) is 2.21. The van der Waals surface area contributed by atoms with E-state index in [2.05, 4.69) is 56.9 Å². The summed E-state index contributed by atoms with van der Waals surface area (Å²) in [6.07, 6.45) is 3.37. The van der Waals surface area contributed by atoms with Crippen molar-refractivity contribution in [1.29, 1.82) is 0 Å².